The molecule has 0 fully saturated rings. The highest BCUT2D eigenvalue weighted by Gasteiger charge is 2.36. The minimum absolute atomic E-state index is 0.161. The maximum absolute atomic E-state index is 14.3. The number of carbonyl (C=O) groups is 1. The normalized spacial score (nSPS) is 15.4. The largest absolute Gasteiger partial charge is 0.327 e. The number of allylic oxidation sites excluding steroid dienone is 2. The number of carbonyl (C=O) groups excluding carboxylic acids is 1. The van der Waals surface area contributed by atoms with Gasteiger partial charge in [0.25, 0.3) is 0 Å². The average Bonchev–Trinajstić information content (AvgIpc) is 3.39. The molecule has 5 aromatic rings. The van der Waals surface area contributed by atoms with E-state index in [4.69, 9.17) is 0 Å². The van der Waals surface area contributed by atoms with Crippen LogP contribution in [0.2, 0.25) is 0 Å². The van der Waals surface area contributed by atoms with Crippen molar-refractivity contribution in [2.24, 2.45) is 0 Å². The molecular formula is C39H32N2O. The van der Waals surface area contributed by atoms with Gasteiger partial charge in [0.05, 0.1) is 0 Å². The van der Waals surface area contributed by atoms with Gasteiger partial charge in [0.15, 0.2) is 5.78 Å². The molecule has 0 spiro atoms. The molecule has 0 saturated carbocycles. The summed E-state index contributed by atoms with van der Waals surface area (Å²) in [4.78, 5) is 18.7. The van der Waals surface area contributed by atoms with Gasteiger partial charge in [-0.15, -0.1) is 0 Å². The number of para-hydroxylation sites is 2. The highest BCUT2D eigenvalue weighted by molar-refractivity contribution is 6.14. The maximum atomic E-state index is 14.3. The van der Waals surface area contributed by atoms with E-state index in [-0.39, 0.29) is 5.78 Å². The van der Waals surface area contributed by atoms with Crippen molar-refractivity contribution >= 4 is 39.8 Å². The lowest BCUT2D eigenvalue weighted by atomic mass is 9.91. The molecule has 3 nitrogen and oxygen atoms in total. The van der Waals surface area contributed by atoms with Crippen molar-refractivity contribution in [3.05, 3.63) is 167 Å². The van der Waals surface area contributed by atoms with Gasteiger partial charge < -0.3 is 9.80 Å². The molecule has 2 aliphatic rings. The third-order valence-electron chi connectivity index (χ3n) is 8.21. The lowest BCUT2D eigenvalue weighted by Gasteiger charge is -2.33. The smallest absolute Gasteiger partial charge is 0.186 e. The van der Waals surface area contributed by atoms with Crippen LogP contribution in [-0.4, -0.2) is 11.8 Å². The van der Waals surface area contributed by atoms with Gasteiger partial charge in [-0.2, -0.15) is 0 Å². The first-order valence-corrected chi connectivity index (χ1v) is 14.5. The summed E-state index contributed by atoms with van der Waals surface area (Å²) in [5, 5.41) is 0. The second kappa shape index (κ2) is 10.7. The number of Topliss-reactive ketones (excluding diaryl/α,β-unsaturated/α-hetero) is 1. The lowest BCUT2D eigenvalue weighted by Crippen LogP contribution is -2.39. The van der Waals surface area contributed by atoms with Crippen molar-refractivity contribution in [1.29, 1.82) is 0 Å². The van der Waals surface area contributed by atoms with Crippen LogP contribution in [0.1, 0.15) is 22.3 Å². The predicted molar refractivity (Wildman–Crippen MR) is 174 cm³/mol. The molecule has 0 N–H and O–H groups in total. The Labute approximate surface area is 247 Å². The Hall–Kier alpha value is -5.15. The molecule has 42 heavy (non-hydrogen) atoms. The molecule has 0 radical (unpaired) electrons. The van der Waals surface area contributed by atoms with E-state index in [1.807, 2.05) is 24.3 Å². The SMILES string of the molecule is Cc1cccc(N(c2ccccc2)c2ccc3c(c2)CC2=C3C=CC(N(c3ccccc3)c3cccc(C)c3)C2=O)c1. The number of aryl methyl sites for hydroxylation is 2. The minimum atomic E-state index is -0.408. The maximum Gasteiger partial charge on any atom is 0.186 e. The summed E-state index contributed by atoms with van der Waals surface area (Å²) in [5.74, 6) is 0.161. The van der Waals surface area contributed by atoms with Crippen LogP contribution in [0, 0.1) is 13.8 Å². The van der Waals surface area contributed by atoms with Gasteiger partial charge in [-0.25, -0.2) is 0 Å². The molecule has 2 aliphatic carbocycles. The summed E-state index contributed by atoms with van der Waals surface area (Å²) < 4.78 is 0. The molecular weight excluding hydrogens is 512 g/mol. The van der Waals surface area contributed by atoms with Crippen molar-refractivity contribution in [3.63, 3.8) is 0 Å². The van der Waals surface area contributed by atoms with Gasteiger partial charge >= 0.3 is 0 Å². The number of ketones is 1. The van der Waals surface area contributed by atoms with Gasteiger partial charge in [-0.1, -0.05) is 78.9 Å². The van der Waals surface area contributed by atoms with E-state index in [0.29, 0.717) is 6.42 Å². The number of benzene rings is 5. The van der Waals surface area contributed by atoms with Gasteiger partial charge in [-0.3, -0.25) is 4.79 Å². The van der Waals surface area contributed by atoms with Crippen molar-refractivity contribution in [1.82, 2.24) is 0 Å². The molecule has 0 aromatic heterocycles. The zero-order chi connectivity index (χ0) is 28.6. The molecule has 204 valence electrons. The van der Waals surface area contributed by atoms with Crippen LogP contribution in [0.3, 0.4) is 0 Å². The number of hydrogen-bond donors (Lipinski definition) is 0. The van der Waals surface area contributed by atoms with Crippen LogP contribution in [0.15, 0.2) is 145 Å². The van der Waals surface area contributed by atoms with Gasteiger partial charge in [0.1, 0.15) is 6.04 Å². The lowest BCUT2D eigenvalue weighted by molar-refractivity contribution is -0.115. The van der Waals surface area contributed by atoms with Crippen LogP contribution < -0.4 is 9.80 Å². The van der Waals surface area contributed by atoms with Crippen molar-refractivity contribution in [3.8, 4) is 0 Å². The second-order valence-corrected chi connectivity index (χ2v) is 11.1. The van der Waals surface area contributed by atoms with Gasteiger partial charge in [0.2, 0.25) is 0 Å². The van der Waals surface area contributed by atoms with E-state index >= 15 is 0 Å². The van der Waals surface area contributed by atoms with E-state index < -0.39 is 6.04 Å². The number of anilines is 5. The van der Waals surface area contributed by atoms with Crippen LogP contribution in [0.25, 0.3) is 5.57 Å². The van der Waals surface area contributed by atoms with E-state index in [9.17, 15) is 4.79 Å². The fourth-order valence-electron chi connectivity index (χ4n) is 6.27. The summed E-state index contributed by atoms with van der Waals surface area (Å²) in [6.07, 6.45) is 4.86. The first-order valence-electron chi connectivity index (χ1n) is 14.5. The number of hydrogen-bond acceptors (Lipinski definition) is 3. The Balaban J connectivity index is 1.24. The van der Waals surface area contributed by atoms with E-state index in [0.717, 1.165) is 50.7 Å². The van der Waals surface area contributed by atoms with Crippen LogP contribution in [0.4, 0.5) is 28.4 Å². The topological polar surface area (TPSA) is 23.6 Å². The van der Waals surface area contributed by atoms with Crippen LogP contribution in [0.5, 0.6) is 0 Å². The van der Waals surface area contributed by atoms with Crippen molar-refractivity contribution in [2.45, 2.75) is 26.3 Å². The third-order valence-corrected chi connectivity index (χ3v) is 8.21. The molecule has 0 amide bonds. The Morgan fingerprint density at radius 1 is 0.595 bits per heavy atom. The standard InChI is InChI=1S/C39H32N2O/c1-27-11-9-17-32(23-27)40(30-13-5-3-6-14-30)34-19-20-35-29(25-34)26-37-36(35)21-22-38(39(37)42)41(31-15-7-4-8-16-31)33-18-10-12-28(2)24-33/h3-25,38H,26H2,1-2H3. The van der Waals surface area contributed by atoms with Gasteiger partial charge in [-0.05, 0) is 102 Å². The Bertz CT molecular complexity index is 1850. The van der Waals surface area contributed by atoms with E-state index in [1.54, 1.807) is 0 Å². The minimum Gasteiger partial charge on any atom is -0.327 e. The summed E-state index contributed by atoms with van der Waals surface area (Å²) in [7, 11) is 0. The molecule has 0 heterocycles. The summed E-state index contributed by atoms with van der Waals surface area (Å²) in [6, 6.07) is 43.9. The zero-order valence-electron chi connectivity index (χ0n) is 23.9. The van der Waals surface area contributed by atoms with Gasteiger partial charge in [0, 0.05) is 40.4 Å². The highest BCUT2D eigenvalue weighted by atomic mass is 16.1. The highest BCUT2D eigenvalue weighted by Crippen LogP contribution is 2.43. The quantitative estimate of drug-likeness (QED) is 0.213. The third kappa shape index (κ3) is 4.63. The summed E-state index contributed by atoms with van der Waals surface area (Å²) in [5.41, 5.74) is 12.0. The number of rotatable bonds is 6. The van der Waals surface area contributed by atoms with E-state index in [2.05, 4.69) is 139 Å². The molecule has 0 bridgehead atoms. The number of nitrogens with zero attached hydrogens (tertiary/aromatic N) is 2. The second-order valence-electron chi connectivity index (χ2n) is 11.1. The van der Waals surface area contributed by atoms with Crippen molar-refractivity contribution < 1.29 is 4.79 Å². The van der Waals surface area contributed by atoms with Crippen molar-refractivity contribution in [2.75, 3.05) is 9.80 Å². The molecule has 5 aromatic carbocycles. The molecule has 1 unspecified atom stereocenters. The first-order chi connectivity index (χ1) is 20.6. The Kier molecular flexibility index (Phi) is 6.56. The zero-order valence-corrected chi connectivity index (χ0v) is 23.9. The first kappa shape index (κ1) is 25.8. The fourth-order valence-corrected chi connectivity index (χ4v) is 6.27. The molecule has 7 rings (SSSR count). The predicted octanol–water partition coefficient (Wildman–Crippen LogP) is 9.43. The van der Waals surface area contributed by atoms with E-state index in [1.165, 1.54) is 11.1 Å². The monoisotopic (exact) mass is 544 g/mol. The van der Waals surface area contributed by atoms with Crippen LogP contribution >= 0.6 is 0 Å². The Morgan fingerprint density at radius 3 is 1.88 bits per heavy atom. The molecule has 0 saturated heterocycles. The molecule has 3 heteroatoms. The summed E-state index contributed by atoms with van der Waals surface area (Å²) in [6.45, 7) is 4.21. The molecule has 0 aliphatic heterocycles. The fraction of sp³-hybridized carbons (Fsp3) is 0.103. The summed E-state index contributed by atoms with van der Waals surface area (Å²) >= 11 is 0. The number of fused-ring (bicyclic) bond motifs is 2. The van der Waals surface area contributed by atoms with Crippen LogP contribution in [-0.2, 0) is 11.2 Å². The Morgan fingerprint density at radius 2 is 1.19 bits per heavy atom. The molecule has 1 atom stereocenters. The average molecular weight is 545 g/mol.